The Balaban J connectivity index is 4.36. The zero-order chi connectivity index (χ0) is 61.9. The molecule has 0 aliphatic rings. The molecular formula is C76H117NO8. The number of quaternary nitrogens is 1. The van der Waals surface area contributed by atoms with E-state index in [1.807, 2.05) is 21.1 Å². The second-order valence-electron chi connectivity index (χ2n) is 21.9. The predicted molar refractivity (Wildman–Crippen MR) is 361 cm³/mol. The number of hydrogen-bond donors (Lipinski definition) is 0. The highest BCUT2D eigenvalue weighted by molar-refractivity contribution is 5.70. The second kappa shape index (κ2) is 64.1. The molecule has 2 atom stereocenters. The van der Waals surface area contributed by atoms with Gasteiger partial charge in [-0.1, -0.05) is 247 Å². The van der Waals surface area contributed by atoms with Crippen molar-refractivity contribution in [1.29, 1.82) is 0 Å². The van der Waals surface area contributed by atoms with Crippen molar-refractivity contribution in [3.63, 3.8) is 0 Å². The van der Waals surface area contributed by atoms with E-state index in [-0.39, 0.29) is 38.6 Å². The van der Waals surface area contributed by atoms with E-state index in [0.29, 0.717) is 23.9 Å². The molecule has 0 N–H and O–H groups in total. The van der Waals surface area contributed by atoms with Crippen LogP contribution in [0.5, 0.6) is 0 Å². The number of unbranched alkanes of at least 4 members (excludes halogenated alkanes) is 10. The van der Waals surface area contributed by atoms with Crippen LogP contribution in [0, 0.1) is 0 Å². The van der Waals surface area contributed by atoms with Crippen LogP contribution in [0.4, 0.5) is 0 Å². The Morgan fingerprint density at radius 1 is 0.353 bits per heavy atom. The van der Waals surface area contributed by atoms with Crippen LogP contribution in [0.25, 0.3) is 0 Å². The summed E-state index contributed by atoms with van der Waals surface area (Å²) in [6.45, 7) is 4.42. The number of ether oxygens (including phenoxy) is 4. The van der Waals surface area contributed by atoms with Gasteiger partial charge in [-0.3, -0.25) is 9.59 Å². The Labute approximate surface area is 519 Å². The van der Waals surface area contributed by atoms with Crippen molar-refractivity contribution in [3.8, 4) is 0 Å². The van der Waals surface area contributed by atoms with Gasteiger partial charge in [0.1, 0.15) is 13.2 Å². The van der Waals surface area contributed by atoms with Gasteiger partial charge in [0, 0.05) is 12.8 Å². The standard InChI is InChI=1S/C76H117NO8/c1-6-8-10-12-14-16-18-20-22-24-26-28-30-32-34-35-36-37-38-39-41-43-45-47-49-51-53-55-57-59-61-63-65-67-74(79)85-72(71-84-76(75(80)81)82-69-68-77(3,4)5)70-83-73(78)66-64-62-60-58-56-54-52-50-48-46-44-42-40-33-31-29-27-25-23-21-19-17-15-13-11-9-7-2/h8-11,14-17,20-23,26-29,32-34,36-37,39-41,44-47,51,53,57,59,72,76H,6-7,12-13,18-19,24-25,30-31,35,38,42-43,48-50,52,54-56,58,60-71H2,1-5H3/b10-8-,11-9-,16-14-,17-15-,22-20-,23-21-,28-26-,29-27-,34-32-,37-36-,40-33-,41-39-,46-44-,47-45-,53-51-,59-57-. The van der Waals surface area contributed by atoms with Crippen LogP contribution in [0.1, 0.15) is 206 Å². The lowest BCUT2D eigenvalue weighted by atomic mass is 10.1. The van der Waals surface area contributed by atoms with Gasteiger partial charge in [-0.15, -0.1) is 0 Å². The Morgan fingerprint density at radius 3 is 0.965 bits per heavy atom. The third-order valence-electron chi connectivity index (χ3n) is 12.8. The Morgan fingerprint density at radius 2 is 0.635 bits per heavy atom. The maximum Gasteiger partial charge on any atom is 0.306 e. The molecule has 0 saturated carbocycles. The smallest absolute Gasteiger partial charge is 0.306 e. The summed E-state index contributed by atoms with van der Waals surface area (Å²) in [5.74, 6) is -2.38. The van der Waals surface area contributed by atoms with Crippen molar-refractivity contribution in [3.05, 3.63) is 194 Å². The first kappa shape index (κ1) is 79.1. The van der Waals surface area contributed by atoms with Gasteiger partial charge in [-0.2, -0.15) is 0 Å². The molecule has 0 spiro atoms. The first-order valence-corrected chi connectivity index (χ1v) is 32.6. The number of carboxylic acids is 1. The first-order chi connectivity index (χ1) is 41.6. The lowest BCUT2D eigenvalue weighted by molar-refractivity contribution is -0.870. The molecule has 0 aromatic rings. The summed E-state index contributed by atoms with van der Waals surface area (Å²) < 4.78 is 22.7. The molecule has 9 nitrogen and oxygen atoms in total. The van der Waals surface area contributed by atoms with E-state index in [9.17, 15) is 19.5 Å². The van der Waals surface area contributed by atoms with Gasteiger partial charge >= 0.3 is 11.9 Å². The minimum Gasteiger partial charge on any atom is -0.545 e. The SMILES string of the molecule is CC/C=C\C/C=C\C/C=C\C/C=C\C/C=C\C/C=C\C/C=C\C/C=C\C/C=C\C/C=C\CCCCC(=O)OC(COC(=O)CCCCCCCCCC/C=C\C/C=C\C/C=C\C/C=C\C/C=C\C/C=C\CC)COC(OCC[N+](C)(C)C)C(=O)[O-]. The van der Waals surface area contributed by atoms with E-state index in [4.69, 9.17) is 18.9 Å². The summed E-state index contributed by atoms with van der Waals surface area (Å²) in [6, 6.07) is 0. The molecule has 0 aromatic heterocycles. The van der Waals surface area contributed by atoms with Crippen molar-refractivity contribution < 1.29 is 42.9 Å². The van der Waals surface area contributed by atoms with Crippen LogP contribution in [-0.4, -0.2) is 82.3 Å². The van der Waals surface area contributed by atoms with E-state index in [1.54, 1.807) is 0 Å². The van der Waals surface area contributed by atoms with Gasteiger partial charge in [0.25, 0.3) is 0 Å². The first-order valence-electron chi connectivity index (χ1n) is 32.6. The number of carbonyl (C=O) groups is 3. The average Bonchev–Trinajstić information content (AvgIpc) is 3.49. The topological polar surface area (TPSA) is 111 Å². The predicted octanol–water partition coefficient (Wildman–Crippen LogP) is 18.9. The molecule has 9 heteroatoms. The molecule has 0 bridgehead atoms. The number of rotatable bonds is 57. The molecule has 0 aromatic carbocycles. The number of allylic oxidation sites excluding steroid dienone is 32. The van der Waals surface area contributed by atoms with Crippen LogP contribution in [-0.2, 0) is 33.3 Å². The Hall–Kier alpha value is -5.87. The number of carbonyl (C=O) groups excluding carboxylic acids is 3. The molecule has 0 fully saturated rings. The fraction of sp³-hybridized carbons (Fsp3) is 0.539. The van der Waals surface area contributed by atoms with Gasteiger partial charge in [0.05, 0.1) is 40.3 Å². The summed E-state index contributed by atoms with van der Waals surface area (Å²) in [6.07, 6.45) is 96.3. The highest BCUT2D eigenvalue weighted by Crippen LogP contribution is 2.13. The zero-order valence-electron chi connectivity index (χ0n) is 53.9. The van der Waals surface area contributed by atoms with Gasteiger partial charge in [-0.25, -0.2) is 0 Å². The number of carboxylic acid groups (broad SMARTS) is 1. The number of likely N-dealkylation sites (N-methyl/N-ethyl adjacent to an activating group) is 1. The lowest BCUT2D eigenvalue weighted by Gasteiger charge is -2.26. The van der Waals surface area contributed by atoms with E-state index in [1.165, 1.54) is 25.7 Å². The fourth-order valence-corrected chi connectivity index (χ4v) is 7.92. The molecular weight excluding hydrogens is 1050 g/mol. The maximum atomic E-state index is 12.9. The third-order valence-corrected chi connectivity index (χ3v) is 12.8. The molecule has 2 unspecified atom stereocenters. The molecule has 0 radical (unpaired) electrons. The van der Waals surface area contributed by atoms with Crippen molar-refractivity contribution in [2.45, 2.75) is 219 Å². The monoisotopic (exact) mass is 1170 g/mol. The molecule has 0 aliphatic heterocycles. The summed E-state index contributed by atoms with van der Waals surface area (Å²) >= 11 is 0. The molecule has 0 aliphatic carbocycles. The summed E-state index contributed by atoms with van der Waals surface area (Å²) in [7, 11) is 5.89. The van der Waals surface area contributed by atoms with E-state index >= 15 is 0 Å². The number of hydrogen-bond acceptors (Lipinski definition) is 8. The van der Waals surface area contributed by atoms with E-state index in [0.717, 1.165) is 141 Å². The fourth-order valence-electron chi connectivity index (χ4n) is 7.92. The Bertz CT molecular complexity index is 2090. The number of aliphatic carboxylic acids is 1. The molecule has 0 rings (SSSR count). The molecule has 85 heavy (non-hydrogen) atoms. The van der Waals surface area contributed by atoms with Crippen molar-refractivity contribution >= 4 is 17.9 Å². The van der Waals surface area contributed by atoms with Gasteiger partial charge in [0.2, 0.25) is 0 Å². The Kier molecular flexibility index (Phi) is 59.7. The average molecular weight is 1170 g/mol. The van der Waals surface area contributed by atoms with Crippen molar-refractivity contribution in [1.82, 2.24) is 0 Å². The largest absolute Gasteiger partial charge is 0.545 e. The lowest BCUT2D eigenvalue weighted by Crippen LogP contribution is -2.44. The molecule has 0 amide bonds. The molecule has 0 saturated heterocycles. The zero-order valence-corrected chi connectivity index (χ0v) is 53.9. The van der Waals surface area contributed by atoms with Crippen LogP contribution in [0.2, 0.25) is 0 Å². The minimum absolute atomic E-state index is 0.125. The van der Waals surface area contributed by atoms with E-state index < -0.39 is 24.3 Å². The number of esters is 2. The van der Waals surface area contributed by atoms with Crippen molar-refractivity contribution in [2.75, 3.05) is 47.5 Å². The van der Waals surface area contributed by atoms with Crippen LogP contribution < -0.4 is 5.11 Å². The summed E-state index contributed by atoms with van der Waals surface area (Å²) in [5, 5.41) is 11.8. The van der Waals surface area contributed by atoms with Gasteiger partial charge in [-0.05, 0) is 141 Å². The van der Waals surface area contributed by atoms with Crippen LogP contribution >= 0.6 is 0 Å². The summed E-state index contributed by atoms with van der Waals surface area (Å²) in [5.41, 5.74) is 0. The van der Waals surface area contributed by atoms with Crippen LogP contribution in [0.3, 0.4) is 0 Å². The molecule has 474 valence electrons. The van der Waals surface area contributed by atoms with E-state index in [2.05, 4.69) is 208 Å². The van der Waals surface area contributed by atoms with Crippen molar-refractivity contribution in [2.24, 2.45) is 0 Å². The summed E-state index contributed by atoms with van der Waals surface area (Å²) in [4.78, 5) is 37.4. The third kappa shape index (κ3) is 65.5. The minimum atomic E-state index is -1.65. The van der Waals surface area contributed by atoms with Gasteiger partial charge < -0.3 is 33.3 Å². The quantitative estimate of drug-likeness (QED) is 0.0195. The number of nitrogens with zero attached hydrogens (tertiary/aromatic N) is 1. The van der Waals surface area contributed by atoms with Gasteiger partial charge in [0.15, 0.2) is 12.4 Å². The molecule has 0 heterocycles. The maximum absolute atomic E-state index is 12.9. The highest BCUT2D eigenvalue weighted by atomic mass is 16.7. The normalized spacial score (nSPS) is 14.0. The second-order valence-corrected chi connectivity index (χ2v) is 21.9. The van der Waals surface area contributed by atoms with Crippen LogP contribution in [0.15, 0.2) is 194 Å². The highest BCUT2D eigenvalue weighted by Gasteiger charge is 2.22.